The zero-order chi connectivity index (χ0) is 13.1. The van der Waals surface area contributed by atoms with E-state index >= 15 is 0 Å². The summed E-state index contributed by atoms with van der Waals surface area (Å²) in [7, 11) is 0. The smallest absolute Gasteiger partial charge is 0.392 e. The van der Waals surface area contributed by atoms with Crippen molar-refractivity contribution < 1.29 is 18.3 Å². The number of halogens is 3. The summed E-state index contributed by atoms with van der Waals surface area (Å²) in [4.78, 5) is 0. The van der Waals surface area contributed by atoms with Crippen LogP contribution >= 0.6 is 11.8 Å². The molecule has 1 aromatic carbocycles. The van der Waals surface area contributed by atoms with Crippen molar-refractivity contribution in [3.8, 4) is 0 Å². The number of aliphatic hydroxyl groups excluding tert-OH is 1. The van der Waals surface area contributed by atoms with E-state index in [1.54, 1.807) is 6.92 Å². The summed E-state index contributed by atoms with van der Waals surface area (Å²) in [5.74, 6) is 0.601. The fourth-order valence-electron chi connectivity index (χ4n) is 1.16. The van der Waals surface area contributed by atoms with E-state index in [2.05, 4.69) is 0 Å². The van der Waals surface area contributed by atoms with Gasteiger partial charge in [-0.2, -0.15) is 24.9 Å². The maximum absolute atomic E-state index is 12.3. The van der Waals surface area contributed by atoms with Gasteiger partial charge in [0.2, 0.25) is 0 Å². The van der Waals surface area contributed by atoms with Crippen molar-refractivity contribution in [1.82, 2.24) is 0 Å². The van der Waals surface area contributed by atoms with Crippen LogP contribution in [0.15, 0.2) is 24.3 Å². The number of aliphatic hydroxyl groups is 1. The van der Waals surface area contributed by atoms with Gasteiger partial charge in [0.25, 0.3) is 0 Å². The molecule has 0 aromatic heterocycles. The van der Waals surface area contributed by atoms with Crippen LogP contribution in [-0.4, -0.2) is 16.5 Å². The molecule has 17 heavy (non-hydrogen) atoms. The maximum atomic E-state index is 12.3. The molecule has 1 rings (SSSR count). The minimum atomic E-state index is -4.28. The Bertz CT molecular complexity index is 346. The molecule has 0 aliphatic heterocycles. The largest absolute Gasteiger partial charge is 0.416 e. The molecule has 1 aromatic rings. The van der Waals surface area contributed by atoms with Crippen LogP contribution < -0.4 is 0 Å². The Morgan fingerprint density at radius 2 is 1.71 bits per heavy atom. The zero-order valence-corrected chi connectivity index (χ0v) is 10.5. The summed E-state index contributed by atoms with van der Waals surface area (Å²) < 4.78 is 36.9. The topological polar surface area (TPSA) is 20.2 Å². The molecule has 1 N–H and O–H groups in total. The van der Waals surface area contributed by atoms with Gasteiger partial charge >= 0.3 is 6.18 Å². The number of rotatable bonds is 4. The van der Waals surface area contributed by atoms with Gasteiger partial charge in [-0.15, -0.1) is 0 Å². The number of alkyl halides is 3. The summed E-state index contributed by atoms with van der Waals surface area (Å²) >= 11 is 1.52. The molecule has 0 aliphatic rings. The van der Waals surface area contributed by atoms with Crippen LogP contribution in [0.2, 0.25) is 0 Å². The van der Waals surface area contributed by atoms with Gasteiger partial charge in [-0.3, -0.25) is 0 Å². The third-order valence-electron chi connectivity index (χ3n) is 2.47. The first kappa shape index (κ1) is 14.4. The first-order valence-electron chi connectivity index (χ1n) is 5.26. The van der Waals surface area contributed by atoms with E-state index in [-0.39, 0.29) is 5.25 Å². The van der Waals surface area contributed by atoms with Crippen LogP contribution in [0.4, 0.5) is 13.2 Å². The average molecular weight is 264 g/mol. The van der Waals surface area contributed by atoms with Crippen LogP contribution in [0.3, 0.4) is 0 Å². The Morgan fingerprint density at radius 3 is 2.12 bits per heavy atom. The van der Waals surface area contributed by atoms with Crippen molar-refractivity contribution in [1.29, 1.82) is 0 Å². The number of thioether (sulfide) groups is 1. The highest BCUT2D eigenvalue weighted by molar-refractivity contribution is 7.99. The lowest BCUT2D eigenvalue weighted by Gasteiger charge is -2.14. The van der Waals surface area contributed by atoms with Crippen molar-refractivity contribution in [2.45, 2.75) is 37.1 Å². The summed E-state index contributed by atoms with van der Waals surface area (Å²) in [6.07, 6.45) is -4.70. The van der Waals surface area contributed by atoms with Crippen molar-refractivity contribution >= 4 is 11.8 Å². The first-order valence-corrected chi connectivity index (χ1v) is 6.31. The molecule has 96 valence electrons. The van der Waals surface area contributed by atoms with Crippen molar-refractivity contribution in [3.63, 3.8) is 0 Å². The molecular formula is C12H15F3OS. The number of hydrogen-bond donors (Lipinski definition) is 1. The lowest BCUT2D eigenvalue weighted by atomic mass is 10.1. The Labute approximate surface area is 103 Å². The van der Waals surface area contributed by atoms with Crippen molar-refractivity contribution in [3.05, 3.63) is 35.4 Å². The fourth-order valence-corrected chi connectivity index (χ4v) is 2.08. The Balaban J connectivity index is 2.57. The van der Waals surface area contributed by atoms with Gasteiger partial charge in [-0.1, -0.05) is 19.1 Å². The molecule has 0 saturated heterocycles. The minimum Gasteiger partial charge on any atom is -0.392 e. The van der Waals surface area contributed by atoms with Crippen molar-refractivity contribution in [2.75, 3.05) is 0 Å². The highest BCUT2D eigenvalue weighted by Crippen LogP contribution is 2.30. The van der Waals surface area contributed by atoms with E-state index in [0.29, 0.717) is 5.75 Å². The maximum Gasteiger partial charge on any atom is 0.416 e. The van der Waals surface area contributed by atoms with Crippen molar-refractivity contribution in [2.24, 2.45) is 0 Å². The van der Waals surface area contributed by atoms with E-state index in [1.807, 2.05) is 6.92 Å². The predicted molar refractivity (Wildman–Crippen MR) is 63.9 cm³/mol. The van der Waals surface area contributed by atoms with Gasteiger partial charge in [-0.05, 0) is 24.6 Å². The van der Waals surface area contributed by atoms with E-state index < -0.39 is 17.8 Å². The average Bonchev–Trinajstić information content (AvgIpc) is 2.25. The number of benzene rings is 1. The monoisotopic (exact) mass is 264 g/mol. The molecule has 0 fully saturated rings. The lowest BCUT2D eigenvalue weighted by molar-refractivity contribution is -0.137. The SMILES string of the molecule is CC(O)C(C)SCc1ccc(C(F)(F)F)cc1. The second kappa shape index (κ2) is 5.78. The van der Waals surface area contributed by atoms with E-state index in [9.17, 15) is 18.3 Å². The second-order valence-electron chi connectivity index (χ2n) is 3.95. The van der Waals surface area contributed by atoms with Gasteiger partial charge in [0.1, 0.15) is 0 Å². The molecule has 0 aliphatic carbocycles. The molecule has 1 nitrogen and oxygen atoms in total. The zero-order valence-electron chi connectivity index (χ0n) is 9.66. The molecule has 2 unspecified atom stereocenters. The van der Waals surface area contributed by atoms with Crippen LogP contribution in [0, 0.1) is 0 Å². The molecule has 2 atom stereocenters. The highest BCUT2D eigenvalue weighted by atomic mass is 32.2. The summed E-state index contributed by atoms with van der Waals surface area (Å²) in [6.45, 7) is 3.59. The molecule has 0 amide bonds. The van der Waals surface area contributed by atoms with Crippen LogP contribution in [-0.2, 0) is 11.9 Å². The molecule has 0 radical (unpaired) electrons. The third kappa shape index (κ3) is 4.60. The van der Waals surface area contributed by atoms with Crippen LogP contribution in [0.25, 0.3) is 0 Å². The summed E-state index contributed by atoms with van der Waals surface area (Å²) in [5, 5.41) is 9.35. The normalized spacial score (nSPS) is 15.6. The van der Waals surface area contributed by atoms with E-state index in [4.69, 9.17) is 0 Å². The Kier molecular flexibility index (Phi) is 4.89. The molecule has 0 saturated carbocycles. The van der Waals surface area contributed by atoms with E-state index in [0.717, 1.165) is 17.7 Å². The second-order valence-corrected chi connectivity index (χ2v) is 5.32. The molecule has 0 bridgehead atoms. The quantitative estimate of drug-likeness (QED) is 0.894. The lowest BCUT2D eigenvalue weighted by Crippen LogP contribution is -2.15. The predicted octanol–water partition coefficient (Wildman–Crippen LogP) is 3.71. The Morgan fingerprint density at radius 1 is 1.18 bits per heavy atom. The van der Waals surface area contributed by atoms with E-state index in [1.165, 1.54) is 23.9 Å². The molecular weight excluding hydrogens is 249 g/mol. The van der Waals surface area contributed by atoms with Crippen LogP contribution in [0.5, 0.6) is 0 Å². The van der Waals surface area contributed by atoms with Gasteiger partial charge in [-0.25, -0.2) is 0 Å². The van der Waals surface area contributed by atoms with Gasteiger partial charge in [0.15, 0.2) is 0 Å². The summed E-state index contributed by atoms with van der Waals surface area (Å²) in [5.41, 5.74) is 0.199. The standard InChI is InChI=1S/C12H15F3OS/c1-8(16)9(2)17-7-10-3-5-11(6-4-10)12(13,14)15/h3-6,8-9,16H,7H2,1-2H3. The molecule has 0 heterocycles. The molecule has 5 heteroatoms. The minimum absolute atomic E-state index is 0.0669. The third-order valence-corrected chi connectivity index (χ3v) is 3.89. The van der Waals surface area contributed by atoms with Crippen LogP contribution in [0.1, 0.15) is 25.0 Å². The fraction of sp³-hybridized carbons (Fsp3) is 0.500. The van der Waals surface area contributed by atoms with Gasteiger partial charge in [0, 0.05) is 11.0 Å². The van der Waals surface area contributed by atoms with Gasteiger partial charge < -0.3 is 5.11 Å². The highest BCUT2D eigenvalue weighted by Gasteiger charge is 2.29. The Hall–Kier alpha value is -0.680. The number of hydrogen-bond acceptors (Lipinski definition) is 2. The summed E-state index contributed by atoms with van der Waals surface area (Å²) in [6, 6.07) is 5.13. The van der Waals surface area contributed by atoms with Gasteiger partial charge in [0.05, 0.1) is 11.7 Å². The first-order chi connectivity index (χ1) is 7.80. The molecule has 0 spiro atoms.